The number of carbonyl (C=O) groups excluding carboxylic acids is 2. The molecule has 0 aliphatic rings. The Balaban J connectivity index is 2.11. The number of ether oxygens (including phenoxy) is 2. The third-order valence-electron chi connectivity index (χ3n) is 3.39. The summed E-state index contributed by atoms with van der Waals surface area (Å²) in [6, 6.07) is 11.3. The molecule has 0 aliphatic heterocycles. The number of carbonyl (C=O) groups is 2. The van der Waals surface area contributed by atoms with Crippen LogP contribution in [0.15, 0.2) is 42.5 Å². The highest BCUT2D eigenvalue weighted by molar-refractivity contribution is 6.33. The van der Waals surface area contributed by atoms with Crippen molar-refractivity contribution >= 4 is 40.8 Å². The summed E-state index contributed by atoms with van der Waals surface area (Å²) in [5.74, 6) is -0.376. The first-order valence-electron chi connectivity index (χ1n) is 7.55. The number of halogens is 2. The van der Waals surface area contributed by atoms with Gasteiger partial charge in [0.1, 0.15) is 5.75 Å². The molecule has 5 nitrogen and oxygen atoms in total. The van der Waals surface area contributed by atoms with Crippen LogP contribution < -0.4 is 10.1 Å². The molecule has 25 heavy (non-hydrogen) atoms. The van der Waals surface area contributed by atoms with E-state index in [9.17, 15) is 9.59 Å². The van der Waals surface area contributed by atoms with Gasteiger partial charge in [-0.2, -0.15) is 0 Å². The van der Waals surface area contributed by atoms with Crippen LogP contribution in [-0.2, 0) is 9.53 Å². The SMILES string of the molecule is CC[C@H](Oc1ccc(Cl)cc1)C(=O)Nc1ccc(Cl)c(C(=O)OC)c1. The van der Waals surface area contributed by atoms with E-state index in [0.717, 1.165) is 0 Å². The molecule has 1 amide bonds. The first kappa shape index (κ1) is 19.1. The number of anilines is 1. The zero-order valence-corrected chi connectivity index (χ0v) is 15.2. The number of esters is 1. The number of rotatable bonds is 6. The van der Waals surface area contributed by atoms with Crippen LogP contribution in [0.3, 0.4) is 0 Å². The van der Waals surface area contributed by atoms with E-state index in [1.807, 2.05) is 6.92 Å². The van der Waals surface area contributed by atoms with E-state index in [2.05, 4.69) is 10.1 Å². The number of nitrogens with one attached hydrogen (secondary N) is 1. The van der Waals surface area contributed by atoms with Gasteiger partial charge in [0.2, 0.25) is 0 Å². The van der Waals surface area contributed by atoms with Crippen LogP contribution in [0.4, 0.5) is 5.69 Å². The van der Waals surface area contributed by atoms with Crippen LogP contribution in [-0.4, -0.2) is 25.1 Å². The minimum Gasteiger partial charge on any atom is -0.481 e. The molecule has 0 radical (unpaired) electrons. The van der Waals surface area contributed by atoms with Crippen LogP contribution in [0.1, 0.15) is 23.7 Å². The zero-order valence-electron chi connectivity index (χ0n) is 13.7. The summed E-state index contributed by atoms with van der Waals surface area (Å²) in [6.07, 6.45) is -0.232. The van der Waals surface area contributed by atoms with Crippen molar-refractivity contribution in [3.8, 4) is 5.75 Å². The number of benzene rings is 2. The smallest absolute Gasteiger partial charge is 0.339 e. The molecule has 0 saturated heterocycles. The maximum atomic E-state index is 12.4. The van der Waals surface area contributed by atoms with Crippen LogP contribution in [0.25, 0.3) is 0 Å². The van der Waals surface area contributed by atoms with Gasteiger partial charge in [0.15, 0.2) is 6.10 Å². The summed E-state index contributed by atoms with van der Waals surface area (Å²) >= 11 is 11.8. The van der Waals surface area contributed by atoms with E-state index >= 15 is 0 Å². The Morgan fingerprint density at radius 3 is 2.40 bits per heavy atom. The van der Waals surface area contributed by atoms with Gasteiger partial charge in [0.25, 0.3) is 5.91 Å². The standard InChI is InChI=1S/C18H17Cl2NO4/c1-3-16(25-13-7-4-11(19)5-8-13)17(22)21-12-6-9-15(20)14(10-12)18(23)24-2/h4-10,16H,3H2,1-2H3,(H,21,22)/t16-/m0/s1. The molecule has 0 saturated carbocycles. The predicted molar refractivity (Wildman–Crippen MR) is 97.6 cm³/mol. The highest BCUT2D eigenvalue weighted by Crippen LogP contribution is 2.22. The van der Waals surface area contributed by atoms with Gasteiger partial charge < -0.3 is 14.8 Å². The van der Waals surface area contributed by atoms with E-state index in [1.165, 1.54) is 19.2 Å². The molecule has 2 aromatic rings. The van der Waals surface area contributed by atoms with Gasteiger partial charge in [-0.3, -0.25) is 4.79 Å². The fourth-order valence-corrected chi connectivity index (χ4v) is 2.41. The summed E-state index contributed by atoms with van der Waals surface area (Å²) < 4.78 is 10.3. The molecule has 0 unspecified atom stereocenters. The molecule has 1 atom stereocenters. The molecule has 0 bridgehead atoms. The van der Waals surface area contributed by atoms with E-state index in [0.29, 0.717) is 22.9 Å². The summed E-state index contributed by atoms with van der Waals surface area (Å²) in [7, 11) is 1.26. The van der Waals surface area contributed by atoms with E-state index in [-0.39, 0.29) is 16.5 Å². The lowest BCUT2D eigenvalue weighted by Crippen LogP contribution is -2.32. The monoisotopic (exact) mass is 381 g/mol. The number of hydrogen-bond donors (Lipinski definition) is 1. The van der Waals surface area contributed by atoms with E-state index in [4.69, 9.17) is 27.9 Å². The van der Waals surface area contributed by atoms with Crippen LogP contribution in [0, 0.1) is 0 Å². The highest BCUT2D eigenvalue weighted by Gasteiger charge is 2.20. The van der Waals surface area contributed by atoms with Crippen molar-refractivity contribution in [2.45, 2.75) is 19.4 Å². The molecule has 0 heterocycles. The van der Waals surface area contributed by atoms with Crippen molar-refractivity contribution in [1.29, 1.82) is 0 Å². The molecule has 0 spiro atoms. The Bertz CT molecular complexity index is 762. The highest BCUT2D eigenvalue weighted by atomic mass is 35.5. The Morgan fingerprint density at radius 2 is 1.80 bits per heavy atom. The molecule has 132 valence electrons. The average molecular weight is 382 g/mol. The average Bonchev–Trinajstić information content (AvgIpc) is 2.62. The van der Waals surface area contributed by atoms with Crippen molar-refractivity contribution in [3.63, 3.8) is 0 Å². The van der Waals surface area contributed by atoms with Crippen molar-refractivity contribution in [2.24, 2.45) is 0 Å². The minimum absolute atomic E-state index is 0.175. The van der Waals surface area contributed by atoms with E-state index < -0.39 is 12.1 Å². The number of amides is 1. The van der Waals surface area contributed by atoms with Crippen molar-refractivity contribution in [1.82, 2.24) is 0 Å². The fraction of sp³-hybridized carbons (Fsp3) is 0.222. The van der Waals surface area contributed by atoms with Crippen molar-refractivity contribution < 1.29 is 19.1 Å². The molecule has 2 aromatic carbocycles. The van der Waals surface area contributed by atoms with Gasteiger partial charge in [0.05, 0.1) is 17.7 Å². The van der Waals surface area contributed by atoms with Gasteiger partial charge in [-0.15, -0.1) is 0 Å². The first-order valence-corrected chi connectivity index (χ1v) is 8.31. The van der Waals surface area contributed by atoms with Crippen molar-refractivity contribution in [2.75, 3.05) is 12.4 Å². The van der Waals surface area contributed by atoms with Gasteiger partial charge >= 0.3 is 5.97 Å². The van der Waals surface area contributed by atoms with Gasteiger partial charge in [0, 0.05) is 10.7 Å². The maximum Gasteiger partial charge on any atom is 0.339 e. The molecule has 0 fully saturated rings. The van der Waals surface area contributed by atoms with Gasteiger partial charge in [-0.05, 0) is 48.9 Å². The topological polar surface area (TPSA) is 64.6 Å². The van der Waals surface area contributed by atoms with Crippen LogP contribution in [0.5, 0.6) is 5.75 Å². The molecule has 1 N–H and O–H groups in total. The second-order valence-corrected chi connectivity index (χ2v) is 5.99. The molecular weight excluding hydrogens is 365 g/mol. The summed E-state index contributed by atoms with van der Waals surface area (Å²) in [5.41, 5.74) is 0.599. The summed E-state index contributed by atoms with van der Waals surface area (Å²) in [4.78, 5) is 24.1. The lowest BCUT2D eigenvalue weighted by molar-refractivity contribution is -0.122. The largest absolute Gasteiger partial charge is 0.481 e. The Labute approximate surface area is 155 Å². The van der Waals surface area contributed by atoms with Crippen molar-refractivity contribution in [3.05, 3.63) is 58.1 Å². The molecule has 0 aliphatic carbocycles. The number of hydrogen-bond acceptors (Lipinski definition) is 4. The lowest BCUT2D eigenvalue weighted by atomic mass is 10.2. The lowest BCUT2D eigenvalue weighted by Gasteiger charge is -2.17. The summed E-state index contributed by atoms with van der Waals surface area (Å²) in [6.45, 7) is 1.84. The summed E-state index contributed by atoms with van der Waals surface area (Å²) in [5, 5.41) is 3.54. The second-order valence-electron chi connectivity index (χ2n) is 5.14. The maximum absolute atomic E-state index is 12.4. The third-order valence-corrected chi connectivity index (χ3v) is 3.98. The molecule has 7 heteroatoms. The minimum atomic E-state index is -0.696. The quantitative estimate of drug-likeness (QED) is 0.743. The molecule has 2 rings (SSSR count). The Morgan fingerprint density at radius 1 is 1.12 bits per heavy atom. The third kappa shape index (κ3) is 5.11. The zero-order chi connectivity index (χ0) is 18.4. The number of methoxy groups -OCH3 is 1. The van der Waals surface area contributed by atoms with Gasteiger partial charge in [-0.1, -0.05) is 30.1 Å². The van der Waals surface area contributed by atoms with Crippen LogP contribution >= 0.6 is 23.2 Å². The Kier molecular flexibility index (Phi) is 6.67. The first-order chi connectivity index (χ1) is 11.9. The molecular formula is C18H17Cl2NO4. The fourth-order valence-electron chi connectivity index (χ4n) is 2.09. The van der Waals surface area contributed by atoms with Crippen LogP contribution in [0.2, 0.25) is 10.0 Å². The predicted octanol–water partition coefficient (Wildman–Crippen LogP) is 4.58. The normalized spacial score (nSPS) is 11.5. The van der Waals surface area contributed by atoms with E-state index in [1.54, 1.807) is 30.3 Å². The Hall–Kier alpha value is -2.24. The molecule has 0 aromatic heterocycles. The second kappa shape index (κ2) is 8.74. The van der Waals surface area contributed by atoms with Gasteiger partial charge in [-0.25, -0.2) is 4.79 Å².